The summed E-state index contributed by atoms with van der Waals surface area (Å²) < 4.78 is 7.46. The van der Waals surface area contributed by atoms with Gasteiger partial charge in [0.1, 0.15) is 17.1 Å². The van der Waals surface area contributed by atoms with Crippen LogP contribution in [0.5, 0.6) is 5.75 Å². The van der Waals surface area contributed by atoms with Crippen molar-refractivity contribution in [2.24, 2.45) is 0 Å². The third-order valence-corrected chi connectivity index (χ3v) is 5.76. The van der Waals surface area contributed by atoms with Gasteiger partial charge in [-0.05, 0) is 43.5 Å². The van der Waals surface area contributed by atoms with Crippen molar-refractivity contribution in [3.05, 3.63) is 53.5 Å². The van der Waals surface area contributed by atoms with Crippen molar-refractivity contribution in [2.45, 2.75) is 45.2 Å². The van der Waals surface area contributed by atoms with E-state index >= 15 is 0 Å². The monoisotopic (exact) mass is 408 g/mol. The third kappa shape index (κ3) is 4.03. The molecule has 3 aromatic rings. The second-order valence-corrected chi connectivity index (χ2v) is 7.88. The molecule has 0 bridgehead atoms. The highest BCUT2D eigenvalue weighted by Gasteiger charge is 2.23. The summed E-state index contributed by atoms with van der Waals surface area (Å²) in [5.41, 5.74) is 3.73. The summed E-state index contributed by atoms with van der Waals surface area (Å²) in [6, 6.07) is 9.50. The molecule has 7 heteroatoms. The van der Waals surface area contributed by atoms with Crippen LogP contribution in [-0.4, -0.2) is 50.7 Å². The molecule has 1 atom stereocenters. The van der Waals surface area contributed by atoms with Gasteiger partial charge in [0, 0.05) is 44.8 Å². The fraction of sp³-hybridized carbons (Fsp3) is 0.435. The quantitative estimate of drug-likeness (QED) is 0.649. The summed E-state index contributed by atoms with van der Waals surface area (Å²) >= 11 is 0. The van der Waals surface area contributed by atoms with Crippen molar-refractivity contribution in [1.29, 1.82) is 0 Å². The van der Waals surface area contributed by atoms with E-state index in [0.717, 1.165) is 34.5 Å². The minimum absolute atomic E-state index is 0.117. The minimum atomic E-state index is 0.117. The Labute approximate surface area is 176 Å². The number of hydrogen-bond acceptors (Lipinski definition) is 5. The molecule has 1 aliphatic rings. The van der Waals surface area contributed by atoms with Crippen LogP contribution in [-0.2, 0) is 28.9 Å². The predicted molar refractivity (Wildman–Crippen MR) is 114 cm³/mol. The number of benzene rings is 1. The Bertz CT molecular complexity index is 1050. The number of imidazole rings is 1. The van der Waals surface area contributed by atoms with Crippen molar-refractivity contribution in [1.82, 2.24) is 19.4 Å². The zero-order chi connectivity index (χ0) is 21.1. The highest BCUT2D eigenvalue weighted by molar-refractivity contribution is 5.76. The maximum Gasteiger partial charge on any atom is 0.222 e. The lowest BCUT2D eigenvalue weighted by Gasteiger charge is -2.29. The Hall–Kier alpha value is -2.93. The maximum absolute atomic E-state index is 12.8. The van der Waals surface area contributed by atoms with E-state index in [1.54, 1.807) is 19.4 Å². The van der Waals surface area contributed by atoms with Crippen LogP contribution in [0.1, 0.15) is 42.8 Å². The molecule has 0 saturated heterocycles. The van der Waals surface area contributed by atoms with Gasteiger partial charge in [-0.15, -0.1) is 0 Å². The summed E-state index contributed by atoms with van der Waals surface area (Å²) in [5.74, 6) is 1.42. The van der Waals surface area contributed by atoms with Crippen molar-refractivity contribution >= 4 is 17.1 Å². The number of phenolic OH excluding ortho intramolecular Hbond substituents is 1. The number of ether oxygens (including phenoxy) is 1. The fourth-order valence-corrected chi connectivity index (χ4v) is 4.29. The van der Waals surface area contributed by atoms with Gasteiger partial charge in [0.15, 0.2) is 5.65 Å². The van der Waals surface area contributed by atoms with Gasteiger partial charge in [-0.25, -0.2) is 9.97 Å². The van der Waals surface area contributed by atoms with E-state index in [9.17, 15) is 9.90 Å². The molecule has 0 aliphatic carbocycles. The molecule has 30 heavy (non-hydrogen) atoms. The average Bonchev–Trinajstić information content (AvgIpc) is 3.12. The first kappa shape index (κ1) is 20.3. The standard InChI is InChI=1S/C23H28N4O3/c1-16(15-30-2)27-21(25-19-7-5-12-24-23(19)27)9-4-10-22(29)26-13-11-18-17(14-26)6-3-8-20(18)28/h3,5-8,12,16,28H,4,9-11,13-15H2,1-2H3/t16-/m1/s1. The van der Waals surface area contributed by atoms with Crippen molar-refractivity contribution in [3.63, 3.8) is 0 Å². The van der Waals surface area contributed by atoms with Gasteiger partial charge in [0.05, 0.1) is 12.6 Å². The summed E-state index contributed by atoms with van der Waals surface area (Å²) in [6.07, 6.45) is 4.39. The molecule has 0 fully saturated rings. The van der Waals surface area contributed by atoms with Gasteiger partial charge in [0.25, 0.3) is 0 Å². The number of pyridine rings is 1. The molecular weight excluding hydrogens is 380 g/mol. The largest absolute Gasteiger partial charge is 0.508 e. The lowest BCUT2D eigenvalue weighted by atomic mass is 9.98. The van der Waals surface area contributed by atoms with Crippen LogP contribution in [0.3, 0.4) is 0 Å². The first-order valence-corrected chi connectivity index (χ1v) is 10.5. The minimum Gasteiger partial charge on any atom is -0.508 e. The number of aromatic nitrogens is 3. The number of amides is 1. The fourth-order valence-electron chi connectivity index (χ4n) is 4.29. The first-order valence-electron chi connectivity index (χ1n) is 10.5. The smallest absolute Gasteiger partial charge is 0.222 e. The van der Waals surface area contributed by atoms with Crippen LogP contribution in [0.4, 0.5) is 0 Å². The third-order valence-electron chi connectivity index (χ3n) is 5.76. The molecule has 1 N–H and O–H groups in total. The number of methoxy groups -OCH3 is 1. The number of fused-ring (bicyclic) bond motifs is 2. The molecule has 3 heterocycles. The van der Waals surface area contributed by atoms with E-state index < -0.39 is 0 Å². The van der Waals surface area contributed by atoms with Gasteiger partial charge in [0.2, 0.25) is 5.91 Å². The maximum atomic E-state index is 12.8. The first-order chi connectivity index (χ1) is 14.6. The zero-order valence-electron chi connectivity index (χ0n) is 17.5. The van der Waals surface area contributed by atoms with Gasteiger partial charge in [-0.1, -0.05) is 12.1 Å². The number of phenols is 1. The number of rotatable bonds is 7. The lowest BCUT2D eigenvalue weighted by Crippen LogP contribution is -2.35. The SMILES string of the molecule is COC[C@@H](C)n1c(CCCC(=O)N2CCc3c(O)cccc3C2)nc2cccnc21. The number of carbonyl (C=O) groups is 1. The van der Waals surface area contributed by atoms with Crippen LogP contribution in [0.25, 0.3) is 11.2 Å². The molecule has 0 radical (unpaired) electrons. The second kappa shape index (κ2) is 8.83. The Kier molecular flexibility index (Phi) is 5.99. The van der Waals surface area contributed by atoms with Crippen molar-refractivity contribution in [2.75, 3.05) is 20.3 Å². The number of aryl methyl sites for hydroxylation is 1. The number of carbonyl (C=O) groups excluding carboxylic acids is 1. The van der Waals surface area contributed by atoms with Gasteiger partial charge in [-0.2, -0.15) is 0 Å². The molecule has 1 aliphatic heterocycles. The number of aromatic hydroxyl groups is 1. The summed E-state index contributed by atoms with van der Waals surface area (Å²) in [7, 11) is 1.69. The predicted octanol–water partition coefficient (Wildman–Crippen LogP) is 3.25. The van der Waals surface area contributed by atoms with Gasteiger partial charge in [-0.3, -0.25) is 4.79 Å². The van der Waals surface area contributed by atoms with Crippen molar-refractivity contribution < 1.29 is 14.6 Å². The Balaban J connectivity index is 1.41. The summed E-state index contributed by atoms with van der Waals surface area (Å²) in [6.45, 7) is 3.88. The summed E-state index contributed by atoms with van der Waals surface area (Å²) in [5, 5.41) is 9.99. The molecule has 0 unspecified atom stereocenters. The molecule has 0 saturated carbocycles. The van der Waals surface area contributed by atoms with Crippen molar-refractivity contribution in [3.8, 4) is 5.75 Å². The molecule has 7 nitrogen and oxygen atoms in total. The zero-order valence-corrected chi connectivity index (χ0v) is 17.5. The highest BCUT2D eigenvalue weighted by Crippen LogP contribution is 2.27. The Morgan fingerprint density at radius 1 is 1.30 bits per heavy atom. The van der Waals surface area contributed by atoms with E-state index in [4.69, 9.17) is 9.72 Å². The lowest BCUT2D eigenvalue weighted by molar-refractivity contribution is -0.132. The van der Waals surface area contributed by atoms with E-state index in [-0.39, 0.29) is 11.9 Å². The van der Waals surface area contributed by atoms with E-state index in [0.29, 0.717) is 44.7 Å². The number of hydrogen-bond donors (Lipinski definition) is 1. The topological polar surface area (TPSA) is 80.5 Å². The summed E-state index contributed by atoms with van der Waals surface area (Å²) in [4.78, 5) is 23.9. The normalized spacial score (nSPS) is 14.7. The highest BCUT2D eigenvalue weighted by atomic mass is 16.5. The average molecular weight is 409 g/mol. The van der Waals surface area contributed by atoms with E-state index in [1.165, 1.54) is 0 Å². The molecule has 158 valence electrons. The van der Waals surface area contributed by atoms with Crippen LogP contribution < -0.4 is 0 Å². The molecule has 1 amide bonds. The van der Waals surface area contributed by atoms with E-state index in [2.05, 4.69) is 16.5 Å². The van der Waals surface area contributed by atoms with Crippen LogP contribution in [0, 0.1) is 0 Å². The van der Waals surface area contributed by atoms with Crippen LogP contribution >= 0.6 is 0 Å². The van der Waals surface area contributed by atoms with E-state index in [1.807, 2.05) is 29.2 Å². The Morgan fingerprint density at radius 2 is 2.17 bits per heavy atom. The van der Waals surface area contributed by atoms with Crippen LogP contribution in [0.2, 0.25) is 0 Å². The number of nitrogens with zero attached hydrogens (tertiary/aromatic N) is 4. The molecule has 1 aromatic carbocycles. The van der Waals surface area contributed by atoms with Gasteiger partial charge >= 0.3 is 0 Å². The molecule has 2 aromatic heterocycles. The van der Waals surface area contributed by atoms with Gasteiger partial charge < -0.3 is 19.3 Å². The molecular formula is C23H28N4O3. The Morgan fingerprint density at radius 3 is 3.00 bits per heavy atom. The second-order valence-electron chi connectivity index (χ2n) is 7.88. The molecule has 4 rings (SSSR count). The van der Waals surface area contributed by atoms with Crippen LogP contribution in [0.15, 0.2) is 36.5 Å². The molecule has 0 spiro atoms.